The normalized spacial score (nSPS) is 32.7. The predicted molar refractivity (Wildman–Crippen MR) is 79.3 cm³/mol. The highest BCUT2D eigenvalue weighted by atomic mass is 31.2. The van der Waals surface area contributed by atoms with E-state index in [0.29, 0.717) is 0 Å². The zero-order valence-electron chi connectivity index (χ0n) is 12.4. The van der Waals surface area contributed by atoms with Gasteiger partial charge in [-0.2, -0.15) is 4.39 Å². The number of phosphoric ester groups is 1. The predicted octanol–water partition coefficient (Wildman–Crippen LogP) is -4.03. The molecule has 17 heteroatoms. The molecular formula is C9H8B3F2N2O9P. The molecule has 26 heavy (non-hydrogen) atoms. The molecule has 0 aliphatic carbocycles. The largest absolute Gasteiger partial charge is 0.468 e. The van der Waals surface area contributed by atoms with Crippen molar-refractivity contribution >= 4 is 31.4 Å². The minimum atomic E-state index is -5.55. The summed E-state index contributed by atoms with van der Waals surface area (Å²) < 4.78 is 47.6. The molecular weight excluding hydrogens is 382 g/mol. The molecule has 1 fully saturated rings. The number of rotatable bonds is 4. The monoisotopic (exact) mass is 390 g/mol. The Balaban J connectivity index is 2.59. The van der Waals surface area contributed by atoms with Crippen molar-refractivity contribution in [1.29, 1.82) is 0 Å². The molecule has 1 saturated heterocycles. The molecule has 6 radical (unpaired) electrons. The minimum absolute atomic E-state index is 0.0352. The quantitative estimate of drug-likeness (QED) is 0.254. The standard InChI is InChI=1S/C9H8B3F2N2O9P/c10-8(16-1-2(13)5(19)15-6(16)20)4(18)3(17)7(14,24-8)9(11,12)25-26(21,22)23/h1,3-4,17-18H,(H,15,19,20)(H2,21,22,23)/t3-,4+,7-,8-/m0/s1. The van der Waals surface area contributed by atoms with Crippen molar-refractivity contribution in [3.8, 4) is 0 Å². The second kappa shape index (κ2) is 6.12. The Bertz CT molecular complexity index is 890. The topological polar surface area (TPSA) is 171 Å². The first-order valence-electron chi connectivity index (χ1n) is 6.45. The Morgan fingerprint density at radius 2 is 1.88 bits per heavy atom. The molecule has 136 valence electrons. The van der Waals surface area contributed by atoms with E-state index in [1.807, 2.05) is 0 Å². The van der Waals surface area contributed by atoms with Gasteiger partial charge >= 0.3 is 13.5 Å². The highest BCUT2D eigenvalue weighted by Gasteiger charge is 2.68. The van der Waals surface area contributed by atoms with Crippen LogP contribution in [0.3, 0.4) is 0 Å². The molecule has 2 rings (SSSR count). The molecule has 0 spiro atoms. The lowest BCUT2D eigenvalue weighted by Gasteiger charge is -2.40. The van der Waals surface area contributed by atoms with Gasteiger partial charge in [0.05, 0.1) is 11.6 Å². The SMILES string of the molecule is [B]C([B])(OP(=O)(O)O)[C@@]1(F)O[C@@]([B])(n2cc(F)c(=O)[nH]c2=O)[C@H](O)[C@@H]1O. The van der Waals surface area contributed by atoms with Crippen LogP contribution < -0.4 is 11.2 Å². The van der Waals surface area contributed by atoms with E-state index in [-0.39, 0.29) is 10.8 Å². The molecule has 0 unspecified atom stereocenters. The van der Waals surface area contributed by atoms with Gasteiger partial charge in [0.25, 0.3) is 11.4 Å². The Labute approximate surface area is 146 Å². The molecule has 1 aliphatic heterocycles. The van der Waals surface area contributed by atoms with E-state index in [1.54, 1.807) is 0 Å². The number of phosphoric acid groups is 1. The number of halogens is 2. The summed E-state index contributed by atoms with van der Waals surface area (Å²) in [5.41, 5.74) is -6.09. The van der Waals surface area contributed by atoms with Crippen molar-refractivity contribution < 1.29 is 42.6 Å². The van der Waals surface area contributed by atoms with Crippen molar-refractivity contribution in [2.24, 2.45) is 0 Å². The van der Waals surface area contributed by atoms with Crippen LogP contribution in [0.15, 0.2) is 15.8 Å². The molecule has 11 nitrogen and oxygen atoms in total. The number of ether oxygens (including phenoxy) is 1. The van der Waals surface area contributed by atoms with Crippen molar-refractivity contribution in [2.45, 2.75) is 29.1 Å². The third-order valence-electron chi connectivity index (χ3n) is 3.49. The Morgan fingerprint density at radius 1 is 1.35 bits per heavy atom. The Hall–Kier alpha value is -1.28. The maximum atomic E-state index is 15.0. The molecule has 4 atom stereocenters. The molecule has 2 heterocycles. The van der Waals surface area contributed by atoms with Crippen LogP contribution >= 0.6 is 7.82 Å². The van der Waals surface area contributed by atoms with Crippen LogP contribution in [0.25, 0.3) is 0 Å². The number of hydrogen-bond donors (Lipinski definition) is 5. The van der Waals surface area contributed by atoms with E-state index in [9.17, 15) is 28.8 Å². The summed E-state index contributed by atoms with van der Waals surface area (Å²) >= 11 is 0. The van der Waals surface area contributed by atoms with Crippen LogP contribution in [0.4, 0.5) is 8.78 Å². The van der Waals surface area contributed by atoms with Gasteiger partial charge in [-0.15, -0.1) is 0 Å². The molecule has 1 aromatic rings. The molecule has 5 N–H and O–H groups in total. The van der Waals surface area contributed by atoms with E-state index in [2.05, 4.69) is 9.26 Å². The smallest absolute Gasteiger partial charge is 0.386 e. The molecule has 0 bridgehead atoms. The molecule has 1 aromatic heterocycles. The number of aromatic nitrogens is 2. The molecule has 0 amide bonds. The van der Waals surface area contributed by atoms with E-state index < -0.39 is 54.0 Å². The number of H-pyrrole nitrogens is 1. The van der Waals surface area contributed by atoms with Crippen LogP contribution in [-0.4, -0.2) is 76.6 Å². The van der Waals surface area contributed by atoms with Gasteiger partial charge in [-0.3, -0.25) is 18.9 Å². The fourth-order valence-electron chi connectivity index (χ4n) is 2.26. The summed E-state index contributed by atoms with van der Waals surface area (Å²) in [6.07, 6.45) is -5.31. The number of alkyl halides is 1. The fourth-order valence-corrected chi connectivity index (χ4v) is 2.77. The summed E-state index contributed by atoms with van der Waals surface area (Å²) in [5.74, 6) is -5.61. The second-order valence-corrected chi connectivity index (χ2v) is 6.53. The first-order valence-corrected chi connectivity index (χ1v) is 7.98. The third kappa shape index (κ3) is 3.22. The summed E-state index contributed by atoms with van der Waals surface area (Å²) in [7, 11) is 10.2. The molecule has 1 aliphatic rings. The van der Waals surface area contributed by atoms with Gasteiger partial charge in [0.1, 0.15) is 41.4 Å². The number of aliphatic hydroxyl groups excluding tert-OH is 2. The highest BCUT2D eigenvalue weighted by Crippen LogP contribution is 2.50. The van der Waals surface area contributed by atoms with E-state index >= 15 is 4.39 Å². The highest BCUT2D eigenvalue weighted by molar-refractivity contribution is 7.46. The average Bonchev–Trinajstić information content (AvgIpc) is 2.63. The van der Waals surface area contributed by atoms with Crippen molar-refractivity contribution in [2.75, 3.05) is 0 Å². The van der Waals surface area contributed by atoms with Gasteiger partial charge in [-0.25, -0.2) is 13.8 Å². The van der Waals surface area contributed by atoms with E-state index in [4.69, 9.17) is 33.3 Å². The summed E-state index contributed by atoms with van der Waals surface area (Å²) in [6.45, 7) is 0. The number of aromatic amines is 1. The average molecular weight is 390 g/mol. The lowest BCUT2D eigenvalue weighted by Crippen LogP contribution is -2.60. The van der Waals surface area contributed by atoms with Crippen LogP contribution in [0, 0.1) is 5.82 Å². The van der Waals surface area contributed by atoms with E-state index in [1.165, 1.54) is 4.98 Å². The first-order chi connectivity index (χ1) is 11.5. The maximum Gasteiger partial charge on any atom is 0.468 e. The van der Waals surface area contributed by atoms with Gasteiger partial charge in [0, 0.05) is 0 Å². The van der Waals surface area contributed by atoms with Crippen LogP contribution in [0.1, 0.15) is 0 Å². The zero-order chi connectivity index (χ0) is 20.3. The molecule has 0 aromatic carbocycles. The Kier molecular flexibility index (Phi) is 4.95. The second-order valence-electron chi connectivity index (χ2n) is 5.37. The van der Waals surface area contributed by atoms with E-state index in [0.717, 1.165) is 0 Å². The fraction of sp³-hybridized carbons (Fsp3) is 0.556. The zero-order valence-corrected chi connectivity index (χ0v) is 13.3. The van der Waals surface area contributed by atoms with Gasteiger partial charge in [0.15, 0.2) is 0 Å². The van der Waals surface area contributed by atoms with Crippen LogP contribution in [0.2, 0.25) is 0 Å². The molecule has 0 saturated carbocycles. The number of nitrogens with one attached hydrogen (secondary N) is 1. The van der Waals surface area contributed by atoms with Crippen molar-refractivity contribution in [1.82, 2.24) is 9.55 Å². The summed E-state index contributed by atoms with van der Waals surface area (Å²) in [5, 5.41) is 16.2. The van der Waals surface area contributed by atoms with Gasteiger partial charge in [0.2, 0.25) is 5.82 Å². The number of nitrogens with zero attached hydrogens (tertiary/aromatic N) is 1. The van der Waals surface area contributed by atoms with Crippen molar-refractivity contribution in [3.05, 3.63) is 32.9 Å². The lowest BCUT2D eigenvalue weighted by molar-refractivity contribution is -0.240. The summed E-state index contributed by atoms with van der Waals surface area (Å²) in [4.78, 5) is 41.7. The van der Waals surface area contributed by atoms with Crippen LogP contribution in [-0.2, 0) is 19.4 Å². The Morgan fingerprint density at radius 3 is 2.38 bits per heavy atom. The van der Waals surface area contributed by atoms with Crippen molar-refractivity contribution in [3.63, 3.8) is 0 Å². The third-order valence-corrected chi connectivity index (χ3v) is 4.03. The first kappa shape index (κ1) is 21.0. The summed E-state index contributed by atoms with van der Waals surface area (Å²) in [6, 6.07) is 0. The van der Waals surface area contributed by atoms with Gasteiger partial charge < -0.3 is 24.7 Å². The van der Waals surface area contributed by atoms with Gasteiger partial charge in [-0.1, -0.05) is 0 Å². The number of aliphatic hydroxyl groups is 2. The lowest BCUT2D eigenvalue weighted by atomic mass is 9.59. The maximum absolute atomic E-state index is 15.0. The van der Waals surface area contributed by atoms with Gasteiger partial charge in [-0.05, 0) is 0 Å². The minimum Gasteiger partial charge on any atom is -0.386 e. The van der Waals surface area contributed by atoms with Crippen LogP contribution in [0.5, 0.6) is 0 Å². The number of hydrogen-bond acceptors (Lipinski definition) is 7.